The maximum Gasteiger partial charge on any atom is 0.337 e. The van der Waals surface area contributed by atoms with Gasteiger partial charge in [-0.25, -0.2) is 14.4 Å². The zero-order chi connectivity index (χ0) is 18.0. The van der Waals surface area contributed by atoms with Gasteiger partial charge in [0.15, 0.2) is 0 Å². The minimum Gasteiger partial charge on any atom is -0.465 e. The fourth-order valence-electron chi connectivity index (χ4n) is 3.21. The summed E-state index contributed by atoms with van der Waals surface area (Å²) < 4.78 is 9.71. The van der Waals surface area contributed by atoms with E-state index in [1.165, 1.54) is 31.4 Å². The Kier molecular flexibility index (Phi) is 4.43. The van der Waals surface area contributed by atoms with Crippen LogP contribution in [0.5, 0.6) is 5.75 Å². The lowest BCUT2D eigenvalue weighted by Crippen LogP contribution is -2.44. The number of amides is 3. The number of hydrogen-bond donors (Lipinski definition) is 1. The fourth-order valence-corrected chi connectivity index (χ4v) is 3.21. The molecule has 3 amide bonds. The molecule has 25 heavy (non-hydrogen) atoms. The van der Waals surface area contributed by atoms with E-state index in [4.69, 9.17) is 4.74 Å². The Labute approximate surface area is 144 Å². The van der Waals surface area contributed by atoms with Crippen molar-refractivity contribution in [1.82, 2.24) is 10.2 Å². The van der Waals surface area contributed by atoms with Gasteiger partial charge in [0, 0.05) is 0 Å². The van der Waals surface area contributed by atoms with E-state index in [1.54, 1.807) is 0 Å². The highest BCUT2D eigenvalue weighted by Crippen LogP contribution is 2.34. The monoisotopic (exact) mass is 346 g/mol. The largest absolute Gasteiger partial charge is 0.465 e. The molecule has 1 saturated carbocycles. The summed E-state index contributed by atoms with van der Waals surface area (Å²) in [4.78, 5) is 48.8. The first kappa shape index (κ1) is 16.9. The minimum atomic E-state index is -0.848. The van der Waals surface area contributed by atoms with Gasteiger partial charge in [-0.2, -0.15) is 0 Å². The van der Waals surface area contributed by atoms with Crippen LogP contribution in [0.2, 0.25) is 0 Å². The van der Waals surface area contributed by atoms with Crippen LogP contribution in [-0.4, -0.2) is 48.0 Å². The van der Waals surface area contributed by atoms with E-state index in [0.717, 1.165) is 17.7 Å². The zero-order valence-corrected chi connectivity index (χ0v) is 13.7. The van der Waals surface area contributed by atoms with Crippen LogP contribution in [0.4, 0.5) is 4.79 Å². The number of carbonyl (C=O) groups excluding carboxylic acids is 4. The van der Waals surface area contributed by atoms with Gasteiger partial charge < -0.3 is 14.8 Å². The standard InChI is InChI=1S/C17H18N2O6/c1-24-14(21)11-4-6-12(7-5-11)25-13(20)10-19-15(22)17(18-16(19)23)8-2-3-9-17/h4-7H,2-3,8-10H2,1H3,(H,18,23). The van der Waals surface area contributed by atoms with Gasteiger partial charge in [0.1, 0.15) is 17.8 Å². The first-order valence-corrected chi connectivity index (χ1v) is 7.98. The Bertz CT molecular complexity index is 721. The molecule has 2 fully saturated rings. The number of nitrogens with zero attached hydrogens (tertiary/aromatic N) is 1. The number of urea groups is 1. The quantitative estimate of drug-likeness (QED) is 0.500. The number of hydrogen-bond acceptors (Lipinski definition) is 6. The second-order valence-corrected chi connectivity index (χ2v) is 6.10. The molecule has 0 unspecified atom stereocenters. The van der Waals surface area contributed by atoms with Crippen LogP contribution in [0.15, 0.2) is 24.3 Å². The maximum absolute atomic E-state index is 12.5. The minimum absolute atomic E-state index is 0.209. The van der Waals surface area contributed by atoms with Gasteiger partial charge in [0.25, 0.3) is 5.91 Å². The molecule has 132 valence electrons. The smallest absolute Gasteiger partial charge is 0.337 e. The summed E-state index contributed by atoms with van der Waals surface area (Å²) >= 11 is 0. The number of carbonyl (C=O) groups is 4. The van der Waals surface area contributed by atoms with Crippen molar-refractivity contribution in [3.63, 3.8) is 0 Å². The van der Waals surface area contributed by atoms with Gasteiger partial charge in [-0.1, -0.05) is 12.8 Å². The van der Waals surface area contributed by atoms with Crippen LogP contribution >= 0.6 is 0 Å². The molecule has 1 saturated heterocycles. The number of nitrogens with one attached hydrogen (secondary N) is 1. The van der Waals surface area contributed by atoms with Gasteiger partial charge in [0.05, 0.1) is 12.7 Å². The highest BCUT2D eigenvalue weighted by molar-refractivity contribution is 6.08. The molecule has 1 aromatic rings. The lowest BCUT2D eigenvalue weighted by Gasteiger charge is -2.19. The second-order valence-electron chi connectivity index (χ2n) is 6.10. The first-order chi connectivity index (χ1) is 11.9. The van der Waals surface area contributed by atoms with E-state index < -0.39 is 30.1 Å². The summed E-state index contributed by atoms with van der Waals surface area (Å²) in [5.41, 5.74) is -0.529. The van der Waals surface area contributed by atoms with Crippen LogP contribution in [0, 0.1) is 0 Å². The van der Waals surface area contributed by atoms with Gasteiger partial charge in [-0.15, -0.1) is 0 Å². The average molecular weight is 346 g/mol. The molecule has 1 aliphatic carbocycles. The van der Waals surface area contributed by atoms with Gasteiger partial charge >= 0.3 is 18.0 Å². The Hall–Kier alpha value is -2.90. The lowest BCUT2D eigenvalue weighted by atomic mass is 9.98. The highest BCUT2D eigenvalue weighted by Gasteiger charge is 2.52. The molecule has 0 atom stereocenters. The molecule has 8 nitrogen and oxygen atoms in total. The molecule has 2 aliphatic rings. The summed E-state index contributed by atoms with van der Waals surface area (Å²) in [6.07, 6.45) is 2.93. The number of methoxy groups -OCH3 is 1. The van der Waals surface area contributed by atoms with Crippen molar-refractivity contribution >= 4 is 23.9 Å². The topological polar surface area (TPSA) is 102 Å². The summed E-state index contributed by atoms with van der Waals surface area (Å²) in [5.74, 6) is -1.39. The molecule has 8 heteroatoms. The Morgan fingerprint density at radius 3 is 2.40 bits per heavy atom. The summed E-state index contributed by atoms with van der Waals surface area (Å²) in [7, 11) is 1.27. The molecule has 1 heterocycles. The molecule has 3 rings (SSSR count). The predicted octanol–water partition coefficient (Wildman–Crippen LogP) is 1.24. The fraction of sp³-hybridized carbons (Fsp3) is 0.412. The van der Waals surface area contributed by atoms with Crippen LogP contribution in [0.3, 0.4) is 0 Å². The van der Waals surface area contributed by atoms with E-state index in [2.05, 4.69) is 10.1 Å². The molecule has 0 bridgehead atoms. The van der Waals surface area contributed by atoms with Crippen LogP contribution in [-0.2, 0) is 14.3 Å². The normalized spacial score (nSPS) is 18.4. The lowest BCUT2D eigenvalue weighted by molar-refractivity contribution is -0.140. The average Bonchev–Trinajstić information content (AvgIpc) is 3.16. The number of esters is 2. The summed E-state index contributed by atoms with van der Waals surface area (Å²) in [5, 5.41) is 2.70. The Morgan fingerprint density at radius 1 is 1.16 bits per heavy atom. The number of rotatable bonds is 4. The SMILES string of the molecule is COC(=O)c1ccc(OC(=O)CN2C(=O)NC3(CCCC3)C2=O)cc1. The zero-order valence-electron chi connectivity index (χ0n) is 13.7. The van der Waals surface area contributed by atoms with Crippen molar-refractivity contribution in [3.05, 3.63) is 29.8 Å². The first-order valence-electron chi connectivity index (χ1n) is 7.98. The molecule has 0 aromatic heterocycles. The van der Waals surface area contributed by atoms with E-state index >= 15 is 0 Å². The van der Waals surface area contributed by atoms with Crippen molar-refractivity contribution < 1.29 is 28.7 Å². The van der Waals surface area contributed by atoms with Crippen molar-refractivity contribution in [2.75, 3.05) is 13.7 Å². The molecular formula is C17H18N2O6. The van der Waals surface area contributed by atoms with E-state index in [9.17, 15) is 19.2 Å². The molecule has 1 aromatic carbocycles. The maximum atomic E-state index is 12.5. The Morgan fingerprint density at radius 2 is 1.80 bits per heavy atom. The molecule has 1 aliphatic heterocycles. The summed E-state index contributed by atoms with van der Waals surface area (Å²) in [6.45, 7) is -0.453. The number of ether oxygens (including phenoxy) is 2. The van der Waals surface area contributed by atoms with Crippen molar-refractivity contribution in [2.45, 2.75) is 31.2 Å². The van der Waals surface area contributed by atoms with Gasteiger partial charge in [-0.05, 0) is 37.1 Å². The van der Waals surface area contributed by atoms with Crippen LogP contribution < -0.4 is 10.1 Å². The van der Waals surface area contributed by atoms with Crippen LogP contribution in [0.1, 0.15) is 36.0 Å². The van der Waals surface area contributed by atoms with Gasteiger partial charge in [0.2, 0.25) is 0 Å². The molecular weight excluding hydrogens is 328 g/mol. The third kappa shape index (κ3) is 3.19. The van der Waals surface area contributed by atoms with E-state index in [0.29, 0.717) is 18.4 Å². The Balaban J connectivity index is 1.62. The van der Waals surface area contributed by atoms with Crippen molar-refractivity contribution in [2.24, 2.45) is 0 Å². The summed E-state index contributed by atoms with van der Waals surface area (Å²) in [6, 6.07) is 5.22. The van der Waals surface area contributed by atoms with E-state index in [-0.39, 0.29) is 11.7 Å². The van der Waals surface area contributed by atoms with Crippen molar-refractivity contribution in [1.29, 1.82) is 0 Å². The van der Waals surface area contributed by atoms with E-state index in [1.807, 2.05) is 0 Å². The molecule has 0 radical (unpaired) electrons. The van der Waals surface area contributed by atoms with Crippen LogP contribution in [0.25, 0.3) is 0 Å². The van der Waals surface area contributed by atoms with Gasteiger partial charge in [-0.3, -0.25) is 9.69 Å². The number of imide groups is 1. The number of benzene rings is 1. The molecule has 1 N–H and O–H groups in total. The third-order valence-electron chi connectivity index (χ3n) is 4.50. The highest BCUT2D eigenvalue weighted by atomic mass is 16.5. The predicted molar refractivity (Wildman–Crippen MR) is 84.9 cm³/mol. The second kappa shape index (κ2) is 6.54. The van der Waals surface area contributed by atoms with Crippen molar-refractivity contribution in [3.8, 4) is 5.75 Å². The molecule has 1 spiro atoms. The third-order valence-corrected chi connectivity index (χ3v) is 4.50.